The Kier molecular flexibility index (Phi) is 5.39. The summed E-state index contributed by atoms with van der Waals surface area (Å²) in [6, 6.07) is 16.0. The number of pyridine rings is 1. The first-order valence-electron chi connectivity index (χ1n) is 8.15. The van der Waals surface area contributed by atoms with Gasteiger partial charge in [0.15, 0.2) is 0 Å². The molecule has 0 aliphatic rings. The molecule has 1 heterocycles. The zero-order valence-corrected chi connectivity index (χ0v) is 15.3. The van der Waals surface area contributed by atoms with E-state index in [9.17, 15) is 9.59 Å². The molecule has 0 bridgehead atoms. The van der Waals surface area contributed by atoms with Gasteiger partial charge in [0.1, 0.15) is 10.8 Å². The number of hydrogen-bond donors (Lipinski definition) is 1. The van der Waals surface area contributed by atoms with Crippen molar-refractivity contribution in [3.8, 4) is 12.3 Å². The predicted molar refractivity (Wildman–Crippen MR) is 107 cm³/mol. The zero-order chi connectivity index (χ0) is 19.4. The number of amides is 2. The molecule has 3 rings (SSSR count). The molecule has 2 aromatic carbocycles. The number of carbonyl (C=O) groups excluding carboxylic acids is 2. The van der Waals surface area contributed by atoms with Crippen molar-refractivity contribution < 1.29 is 9.59 Å². The highest BCUT2D eigenvalue weighted by Gasteiger charge is 2.18. The fourth-order valence-electron chi connectivity index (χ4n) is 2.64. The van der Waals surface area contributed by atoms with E-state index in [0.29, 0.717) is 11.3 Å². The van der Waals surface area contributed by atoms with Gasteiger partial charge in [0.25, 0.3) is 5.91 Å². The molecule has 27 heavy (non-hydrogen) atoms. The number of nitrogens with zero attached hydrogens (tertiary/aromatic N) is 2. The Labute approximate surface area is 162 Å². The monoisotopic (exact) mass is 377 g/mol. The van der Waals surface area contributed by atoms with Crippen molar-refractivity contribution in [1.29, 1.82) is 0 Å². The topological polar surface area (TPSA) is 62.3 Å². The molecule has 0 spiro atoms. The number of nitrogens with one attached hydrogen (secondary N) is 1. The summed E-state index contributed by atoms with van der Waals surface area (Å²) in [6.45, 7) is -0.134. The molecule has 134 valence electrons. The van der Waals surface area contributed by atoms with Gasteiger partial charge in [-0.15, -0.1) is 6.42 Å². The van der Waals surface area contributed by atoms with E-state index in [2.05, 4.69) is 16.2 Å². The van der Waals surface area contributed by atoms with Crippen LogP contribution in [0.3, 0.4) is 0 Å². The molecule has 0 radical (unpaired) electrons. The number of halogens is 1. The summed E-state index contributed by atoms with van der Waals surface area (Å²) in [7, 11) is 1.53. The van der Waals surface area contributed by atoms with E-state index in [0.717, 1.165) is 10.8 Å². The first kappa shape index (κ1) is 18.4. The number of terminal acetylenes is 1. The third-order valence-corrected chi connectivity index (χ3v) is 4.24. The minimum absolute atomic E-state index is 0.134. The Morgan fingerprint density at radius 2 is 1.96 bits per heavy atom. The van der Waals surface area contributed by atoms with Crippen LogP contribution in [-0.4, -0.2) is 35.3 Å². The van der Waals surface area contributed by atoms with Crippen molar-refractivity contribution in [2.24, 2.45) is 0 Å². The number of hydrogen-bond acceptors (Lipinski definition) is 3. The van der Waals surface area contributed by atoms with Crippen molar-refractivity contribution in [3.63, 3.8) is 0 Å². The standard InChI is InChI=1S/C21H16ClN3O2/c1-3-14-7-6-9-16(11-14)23-19(26)13-25(2)21(27)18-12-15-8-4-5-10-17(15)20(22)24-18/h1,4-12H,13H2,2H3,(H,23,26). The molecular weight excluding hydrogens is 362 g/mol. The van der Waals surface area contributed by atoms with E-state index in [1.807, 2.05) is 24.3 Å². The van der Waals surface area contributed by atoms with Crippen LogP contribution in [0, 0.1) is 12.3 Å². The number of rotatable bonds is 4. The smallest absolute Gasteiger partial charge is 0.272 e. The fraction of sp³-hybridized carbons (Fsp3) is 0.0952. The highest BCUT2D eigenvalue weighted by atomic mass is 35.5. The second kappa shape index (κ2) is 7.90. The third kappa shape index (κ3) is 4.25. The summed E-state index contributed by atoms with van der Waals surface area (Å²) < 4.78 is 0. The normalized spacial score (nSPS) is 10.3. The molecule has 0 atom stereocenters. The molecule has 0 saturated heterocycles. The minimum atomic E-state index is -0.393. The lowest BCUT2D eigenvalue weighted by Gasteiger charge is -2.17. The Balaban J connectivity index is 1.72. The molecule has 0 unspecified atom stereocenters. The molecule has 0 fully saturated rings. The summed E-state index contributed by atoms with van der Waals surface area (Å²) in [5.41, 5.74) is 1.42. The van der Waals surface area contributed by atoms with Gasteiger partial charge in [-0.3, -0.25) is 9.59 Å². The maximum Gasteiger partial charge on any atom is 0.272 e. The zero-order valence-electron chi connectivity index (χ0n) is 14.6. The molecule has 5 nitrogen and oxygen atoms in total. The summed E-state index contributed by atoms with van der Waals surface area (Å²) in [4.78, 5) is 30.3. The average molecular weight is 378 g/mol. The number of benzene rings is 2. The van der Waals surface area contributed by atoms with Crippen molar-refractivity contribution in [3.05, 3.63) is 71.0 Å². The maximum atomic E-state index is 12.6. The van der Waals surface area contributed by atoms with Crippen LogP contribution in [0.25, 0.3) is 10.8 Å². The van der Waals surface area contributed by atoms with Crippen LogP contribution < -0.4 is 5.32 Å². The summed E-state index contributed by atoms with van der Waals surface area (Å²) in [5.74, 6) is 1.77. The lowest BCUT2D eigenvalue weighted by atomic mass is 10.1. The molecule has 2 amide bonds. The maximum absolute atomic E-state index is 12.6. The molecule has 0 saturated carbocycles. The fourth-order valence-corrected chi connectivity index (χ4v) is 2.90. The number of carbonyl (C=O) groups is 2. The molecule has 1 aromatic heterocycles. The van der Waals surface area contributed by atoms with Gasteiger partial charge in [0, 0.05) is 23.7 Å². The van der Waals surface area contributed by atoms with Gasteiger partial charge in [-0.25, -0.2) is 4.98 Å². The SMILES string of the molecule is C#Cc1cccc(NC(=O)CN(C)C(=O)c2cc3ccccc3c(Cl)n2)c1. The van der Waals surface area contributed by atoms with Gasteiger partial charge < -0.3 is 10.2 Å². The molecular formula is C21H16ClN3O2. The van der Waals surface area contributed by atoms with E-state index < -0.39 is 5.91 Å². The Morgan fingerprint density at radius 3 is 2.74 bits per heavy atom. The van der Waals surface area contributed by atoms with Crippen molar-refractivity contribution >= 4 is 39.9 Å². The molecule has 1 N–H and O–H groups in total. The predicted octanol–water partition coefficient (Wildman–Crippen LogP) is 3.58. The molecule has 6 heteroatoms. The van der Waals surface area contributed by atoms with Crippen LogP contribution in [0.1, 0.15) is 16.1 Å². The van der Waals surface area contributed by atoms with Gasteiger partial charge >= 0.3 is 0 Å². The van der Waals surface area contributed by atoms with E-state index in [1.165, 1.54) is 11.9 Å². The first-order valence-corrected chi connectivity index (χ1v) is 8.53. The van der Waals surface area contributed by atoms with E-state index in [4.69, 9.17) is 18.0 Å². The highest BCUT2D eigenvalue weighted by Crippen LogP contribution is 2.22. The lowest BCUT2D eigenvalue weighted by molar-refractivity contribution is -0.116. The van der Waals surface area contributed by atoms with Gasteiger partial charge in [0.05, 0.1) is 6.54 Å². The highest BCUT2D eigenvalue weighted by molar-refractivity contribution is 6.34. The lowest BCUT2D eigenvalue weighted by Crippen LogP contribution is -2.35. The van der Waals surface area contributed by atoms with Crippen LogP contribution >= 0.6 is 11.6 Å². The van der Waals surface area contributed by atoms with Crippen LogP contribution in [-0.2, 0) is 4.79 Å². The van der Waals surface area contributed by atoms with Gasteiger partial charge in [-0.1, -0.05) is 47.9 Å². The number of anilines is 1. The van der Waals surface area contributed by atoms with E-state index in [-0.39, 0.29) is 23.3 Å². The van der Waals surface area contributed by atoms with Gasteiger partial charge in [-0.05, 0) is 29.7 Å². The Hall–Kier alpha value is -3.36. The first-order chi connectivity index (χ1) is 13.0. The molecule has 0 aliphatic carbocycles. The number of aromatic nitrogens is 1. The van der Waals surface area contributed by atoms with Crippen molar-refractivity contribution in [2.75, 3.05) is 18.9 Å². The van der Waals surface area contributed by atoms with Crippen molar-refractivity contribution in [2.45, 2.75) is 0 Å². The second-order valence-electron chi connectivity index (χ2n) is 5.95. The van der Waals surface area contributed by atoms with E-state index >= 15 is 0 Å². The summed E-state index contributed by atoms with van der Waals surface area (Å²) in [5, 5.41) is 4.55. The Bertz CT molecular complexity index is 1070. The number of likely N-dealkylation sites (N-methyl/N-ethyl adjacent to an activating group) is 1. The van der Waals surface area contributed by atoms with Gasteiger partial charge in [0.2, 0.25) is 5.91 Å². The third-order valence-electron chi connectivity index (χ3n) is 3.95. The van der Waals surface area contributed by atoms with Crippen LogP contribution in [0.2, 0.25) is 5.15 Å². The van der Waals surface area contributed by atoms with Gasteiger partial charge in [-0.2, -0.15) is 0 Å². The quantitative estimate of drug-likeness (QED) is 0.558. The minimum Gasteiger partial charge on any atom is -0.331 e. The second-order valence-corrected chi connectivity index (χ2v) is 6.31. The molecule has 3 aromatic rings. The Morgan fingerprint density at radius 1 is 1.19 bits per heavy atom. The molecule has 0 aliphatic heterocycles. The summed E-state index contributed by atoms with van der Waals surface area (Å²) in [6.07, 6.45) is 5.35. The van der Waals surface area contributed by atoms with Crippen LogP contribution in [0.4, 0.5) is 5.69 Å². The van der Waals surface area contributed by atoms with E-state index in [1.54, 1.807) is 30.3 Å². The summed E-state index contributed by atoms with van der Waals surface area (Å²) >= 11 is 6.18. The van der Waals surface area contributed by atoms with Crippen LogP contribution in [0.15, 0.2) is 54.6 Å². The van der Waals surface area contributed by atoms with Crippen LogP contribution in [0.5, 0.6) is 0 Å². The average Bonchev–Trinajstić information content (AvgIpc) is 2.67. The number of fused-ring (bicyclic) bond motifs is 1. The van der Waals surface area contributed by atoms with Crippen molar-refractivity contribution in [1.82, 2.24) is 9.88 Å². The largest absolute Gasteiger partial charge is 0.331 e.